The number of aryl methyl sites for hydroxylation is 1. The number of aromatic nitrogens is 2. The standard InChI is InChI=1S/C16H19N3O5/c1-18-16(23)12-6-4-3-5-11(12)13(17-18)9-14(20)19(7-8-24-2)10-15(21)22/h3-6H,7-10H2,1-2H3,(H,21,22). The van der Waals surface area contributed by atoms with Gasteiger partial charge in [0, 0.05) is 26.1 Å². The van der Waals surface area contributed by atoms with Crippen molar-refractivity contribution >= 4 is 22.6 Å². The largest absolute Gasteiger partial charge is 0.480 e. The summed E-state index contributed by atoms with van der Waals surface area (Å²) < 4.78 is 6.09. The van der Waals surface area contributed by atoms with Crippen LogP contribution in [0, 0.1) is 0 Å². The molecule has 0 atom stereocenters. The number of methoxy groups -OCH3 is 1. The number of ether oxygens (including phenoxy) is 1. The molecule has 128 valence electrons. The first kappa shape index (κ1) is 17.6. The molecule has 1 amide bonds. The van der Waals surface area contributed by atoms with Crippen molar-refractivity contribution in [2.45, 2.75) is 6.42 Å². The zero-order valence-electron chi connectivity index (χ0n) is 13.6. The number of fused-ring (bicyclic) bond motifs is 1. The van der Waals surface area contributed by atoms with Crippen molar-refractivity contribution in [3.05, 3.63) is 40.3 Å². The molecule has 0 unspecified atom stereocenters. The average molecular weight is 333 g/mol. The lowest BCUT2D eigenvalue weighted by Gasteiger charge is -2.20. The zero-order valence-corrected chi connectivity index (χ0v) is 13.6. The number of carboxylic acid groups (broad SMARTS) is 1. The Kier molecular flexibility index (Phi) is 5.64. The van der Waals surface area contributed by atoms with Crippen molar-refractivity contribution in [3.63, 3.8) is 0 Å². The van der Waals surface area contributed by atoms with Crippen LogP contribution in [0.1, 0.15) is 5.69 Å². The van der Waals surface area contributed by atoms with Crippen molar-refractivity contribution in [3.8, 4) is 0 Å². The summed E-state index contributed by atoms with van der Waals surface area (Å²) in [5, 5.41) is 14.2. The van der Waals surface area contributed by atoms with E-state index in [0.717, 1.165) is 0 Å². The molecule has 0 saturated heterocycles. The normalized spacial score (nSPS) is 10.8. The third kappa shape index (κ3) is 3.96. The summed E-state index contributed by atoms with van der Waals surface area (Å²) in [7, 11) is 2.99. The summed E-state index contributed by atoms with van der Waals surface area (Å²) in [6, 6.07) is 6.90. The molecule has 2 aromatic rings. The van der Waals surface area contributed by atoms with E-state index in [9.17, 15) is 14.4 Å². The second-order valence-electron chi connectivity index (χ2n) is 5.30. The molecule has 8 heteroatoms. The summed E-state index contributed by atoms with van der Waals surface area (Å²) in [5.74, 6) is -1.48. The Bertz CT molecular complexity index is 815. The molecule has 1 aromatic carbocycles. The average Bonchev–Trinajstić information content (AvgIpc) is 2.55. The van der Waals surface area contributed by atoms with E-state index in [2.05, 4.69) is 5.10 Å². The van der Waals surface area contributed by atoms with E-state index < -0.39 is 12.5 Å². The second-order valence-corrected chi connectivity index (χ2v) is 5.30. The van der Waals surface area contributed by atoms with Crippen molar-refractivity contribution in [1.82, 2.24) is 14.7 Å². The molecule has 8 nitrogen and oxygen atoms in total. The highest BCUT2D eigenvalue weighted by Gasteiger charge is 2.19. The van der Waals surface area contributed by atoms with Crippen LogP contribution in [0.4, 0.5) is 0 Å². The molecule has 0 bridgehead atoms. The maximum absolute atomic E-state index is 12.5. The van der Waals surface area contributed by atoms with Gasteiger partial charge in [-0.1, -0.05) is 18.2 Å². The van der Waals surface area contributed by atoms with Gasteiger partial charge in [0.2, 0.25) is 5.91 Å². The fourth-order valence-electron chi connectivity index (χ4n) is 2.42. The van der Waals surface area contributed by atoms with Crippen molar-refractivity contribution in [1.29, 1.82) is 0 Å². The molecule has 0 aliphatic rings. The first-order valence-corrected chi connectivity index (χ1v) is 7.37. The van der Waals surface area contributed by atoms with E-state index >= 15 is 0 Å². The molecule has 0 spiro atoms. The summed E-state index contributed by atoms with van der Waals surface area (Å²) in [6.07, 6.45) is -0.0916. The molecule has 0 fully saturated rings. The molecule has 2 rings (SSSR count). The Morgan fingerprint density at radius 3 is 2.58 bits per heavy atom. The number of hydrogen-bond donors (Lipinski definition) is 1. The zero-order chi connectivity index (χ0) is 17.7. The number of carbonyl (C=O) groups excluding carboxylic acids is 1. The molecule has 0 aliphatic heterocycles. The van der Waals surface area contributed by atoms with Gasteiger partial charge in [0.25, 0.3) is 5.56 Å². The number of hydrogen-bond acceptors (Lipinski definition) is 5. The predicted molar refractivity (Wildman–Crippen MR) is 86.8 cm³/mol. The molecular formula is C16H19N3O5. The van der Waals surface area contributed by atoms with Crippen LogP contribution in [0.25, 0.3) is 10.8 Å². The van der Waals surface area contributed by atoms with Crippen molar-refractivity contribution in [2.75, 3.05) is 26.8 Å². The third-order valence-electron chi connectivity index (χ3n) is 3.60. The molecule has 1 aromatic heterocycles. The summed E-state index contributed by atoms with van der Waals surface area (Å²) >= 11 is 0. The smallest absolute Gasteiger partial charge is 0.323 e. The third-order valence-corrected chi connectivity index (χ3v) is 3.60. The van der Waals surface area contributed by atoms with Gasteiger partial charge in [0.05, 0.1) is 24.1 Å². The summed E-state index contributed by atoms with van der Waals surface area (Å²) in [6.45, 7) is -0.00229. The van der Waals surface area contributed by atoms with Crippen LogP contribution in [-0.2, 0) is 27.8 Å². The van der Waals surface area contributed by atoms with Gasteiger partial charge >= 0.3 is 5.97 Å². The lowest BCUT2D eigenvalue weighted by molar-refractivity contribution is -0.144. The van der Waals surface area contributed by atoms with Gasteiger partial charge < -0.3 is 14.7 Å². The Morgan fingerprint density at radius 2 is 1.96 bits per heavy atom. The van der Waals surface area contributed by atoms with Gasteiger partial charge in [-0.2, -0.15) is 5.10 Å². The predicted octanol–water partition coefficient (Wildman–Crippen LogP) is 0.0356. The van der Waals surface area contributed by atoms with Crippen LogP contribution in [0.2, 0.25) is 0 Å². The quantitative estimate of drug-likeness (QED) is 0.767. The Labute approximate surface area is 138 Å². The molecule has 0 aliphatic carbocycles. The number of carboxylic acids is 1. The molecule has 0 saturated carbocycles. The number of carbonyl (C=O) groups is 2. The van der Waals surface area contributed by atoms with E-state index in [1.165, 1.54) is 23.7 Å². The van der Waals surface area contributed by atoms with E-state index in [-0.39, 0.29) is 31.0 Å². The molecular weight excluding hydrogens is 314 g/mol. The van der Waals surface area contributed by atoms with E-state index in [1.54, 1.807) is 24.3 Å². The van der Waals surface area contributed by atoms with Gasteiger partial charge in [-0.05, 0) is 6.07 Å². The van der Waals surface area contributed by atoms with E-state index in [4.69, 9.17) is 9.84 Å². The minimum absolute atomic E-state index is 0.0916. The monoisotopic (exact) mass is 333 g/mol. The maximum atomic E-state index is 12.5. The Morgan fingerprint density at radius 1 is 1.29 bits per heavy atom. The first-order valence-electron chi connectivity index (χ1n) is 7.37. The maximum Gasteiger partial charge on any atom is 0.323 e. The van der Waals surface area contributed by atoms with Gasteiger partial charge in [-0.15, -0.1) is 0 Å². The van der Waals surface area contributed by atoms with Gasteiger partial charge in [-0.3, -0.25) is 14.4 Å². The van der Waals surface area contributed by atoms with Crippen molar-refractivity contribution < 1.29 is 19.4 Å². The molecule has 1 N–H and O–H groups in total. The Balaban J connectivity index is 2.33. The highest BCUT2D eigenvalue weighted by molar-refractivity contribution is 5.89. The summed E-state index contributed by atoms with van der Waals surface area (Å²) in [5.41, 5.74) is 0.189. The van der Waals surface area contributed by atoms with Crippen LogP contribution in [-0.4, -0.2) is 58.5 Å². The number of amides is 1. The number of nitrogens with zero attached hydrogens (tertiary/aromatic N) is 3. The topological polar surface area (TPSA) is 102 Å². The highest BCUT2D eigenvalue weighted by Crippen LogP contribution is 2.14. The van der Waals surface area contributed by atoms with Crippen molar-refractivity contribution in [2.24, 2.45) is 7.05 Å². The van der Waals surface area contributed by atoms with Crippen LogP contribution in [0.15, 0.2) is 29.1 Å². The second kappa shape index (κ2) is 7.69. The van der Waals surface area contributed by atoms with Crippen LogP contribution >= 0.6 is 0 Å². The van der Waals surface area contributed by atoms with Crippen LogP contribution < -0.4 is 5.56 Å². The minimum Gasteiger partial charge on any atom is -0.480 e. The number of rotatable bonds is 7. The van der Waals surface area contributed by atoms with E-state index in [1.807, 2.05) is 0 Å². The lowest BCUT2D eigenvalue weighted by atomic mass is 10.1. The molecule has 1 heterocycles. The molecule has 0 radical (unpaired) electrons. The number of benzene rings is 1. The highest BCUT2D eigenvalue weighted by atomic mass is 16.5. The minimum atomic E-state index is -1.10. The first-order chi connectivity index (χ1) is 11.4. The van der Waals surface area contributed by atoms with Gasteiger partial charge in [0.15, 0.2) is 0 Å². The fourth-order valence-corrected chi connectivity index (χ4v) is 2.42. The fraction of sp³-hybridized carbons (Fsp3) is 0.375. The lowest BCUT2D eigenvalue weighted by Crippen LogP contribution is -2.39. The van der Waals surface area contributed by atoms with Gasteiger partial charge in [0.1, 0.15) is 6.54 Å². The van der Waals surface area contributed by atoms with E-state index in [0.29, 0.717) is 16.5 Å². The van der Waals surface area contributed by atoms with Crippen LogP contribution in [0.3, 0.4) is 0 Å². The van der Waals surface area contributed by atoms with Gasteiger partial charge in [-0.25, -0.2) is 4.68 Å². The Hall–Kier alpha value is -2.74. The van der Waals surface area contributed by atoms with Crippen LogP contribution in [0.5, 0.6) is 0 Å². The number of aliphatic carboxylic acids is 1. The summed E-state index contributed by atoms with van der Waals surface area (Å²) in [4.78, 5) is 36.7. The SMILES string of the molecule is COCCN(CC(=O)O)C(=O)Cc1nn(C)c(=O)c2ccccc12. The molecule has 24 heavy (non-hydrogen) atoms.